The number of thioether (sulfide) groups is 1. The summed E-state index contributed by atoms with van der Waals surface area (Å²) < 4.78 is 6.73. The number of likely N-dealkylation sites (tertiary alicyclic amines) is 1. The highest BCUT2D eigenvalue weighted by Gasteiger charge is 2.34. The molecule has 6 nitrogen and oxygen atoms in total. The van der Waals surface area contributed by atoms with E-state index in [1.807, 2.05) is 30.0 Å². The van der Waals surface area contributed by atoms with Crippen molar-refractivity contribution in [2.75, 3.05) is 39.1 Å². The first-order valence-electron chi connectivity index (χ1n) is 11.8. The molecule has 2 aromatic heterocycles. The molecule has 0 saturated carbocycles. The Morgan fingerprint density at radius 1 is 1.24 bits per heavy atom. The van der Waals surface area contributed by atoms with Crippen molar-refractivity contribution in [3.63, 3.8) is 0 Å². The minimum atomic E-state index is -0.747. The van der Waals surface area contributed by atoms with E-state index < -0.39 is 6.10 Å². The van der Waals surface area contributed by atoms with Gasteiger partial charge in [0.05, 0.1) is 29.5 Å². The van der Waals surface area contributed by atoms with E-state index in [9.17, 15) is 15.3 Å². The number of methoxy groups -OCH3 is 1. The smallest absolute Gasteiger partial charge is 0.119 e. The lowest BCUT2D eigenvalue weighted by Crippen LogP contribution is -2.43. The molecule has 0 bridgehead atoms. The Morgan fingerprint density at radius 2 is 2.06 bits per heavy atom. The Balaban J connectivity index is 1.38. The van der Waals surface area contributed by atoms with Gasteiger partial charge in [0.25, 0.3) is 0 Å². The number of nitrogens with zero attached hydrogens (tertiary/aromatic N) is 2. The summed E-state index contributed by atoms with van der Waals surface area (Å²) in [5, 5.41) is 34.3. The van der Waals surface area contributed by atoms with E-state index in [-0.39, 0.29) is 18.6 Å². The molecule has 0 radical (unpaired) electrons. The molecule has 0 amide bonds. The van der Waals surface area contributed by atoms with Crippen molar-refractivity contribution < 1.29 is 20.1 Å². The molecule has 1 aromatic carbocycles. The monoisotopic (exact) mass is 502 g/mol. The zero-order valence-electron chi connectivity index (χ0n) is 19.7. The van der Waals surface area contributed by atoms with Crippen LogP contribution in [-0.4, -0.2) is 64.3 Å². The lowest BCUT2D eigenvalue weighted by Gasteiger charge is -2.41. The van der Waals surface area contributed by atoms with Gasteiger partial charge in [0.2, 0.25) is 0 Å². The van der Waals surface area contributed by atoms with Gasteiger partial charge in [0.1, 0.15) is 5.75 Å². The van der Waals surface area contributed by atoms with E-state index in [1.165, 1.54) is 4.21 Å². The van der Waals surface area contributed by atoms with Crippen molar-refractivity contribution in [1.29, 1.82) is 0 Å². The second-order valence-corrected chi connectivity index (χ2v) is 11.4. The van der Waals surface area contributed by atoms with Gasteiger partial charge in [-0.3, -0.25) is 4.98 Å². The van der Waals surface area contributed by atoms with E-state index >= 15 is 0 Å². The van der Waals surface area contributed by atoms with Gasteiger partial charge in [0.15, 0.2) is 0 Å². The maximum Gasteiger partial charge on any atom is 0.119 e. The lowest BCUT2D eigenvalue weighted by molar-refractivity contribution is 0.0252. The molecule has 3 N–H and O–H groups in total. The molecule has 1 aliphatic heterocycles. The molecule has 0 aliphatic carbocycles. The molecule has 1 aliphatic rings. The summed E-state index contributed by atoms with van der Waals surface area (Å²) in [5.41, 5.74) is 1.93. The third-order valence-corrected chi connectivity index (χ3v) is 9.16. The molecular weight excluding hydrogens is 468 g/mol. The molecule has 1 saturated heterocycles. The molecule has 3 aromatic rings. The van der Waals surface area contributed by atoms with Gasteiger partial charge in [-0.2, -0.15) is 0 Å². The standard InChI is InChI=1S/C26H34N2O4S2/c1-32-20-4-5-22-21(15-20)25(19(17-29)16-27-22)23(31)6-7-26(18-30)8-10-28(11-9-26)12-14-34-24-3-2-13-33-24/h2-5,13,15-16,23,29-31H,6-12,14,17-18H2,1H3/t23-/m0/s1. The molecule has 0 spiro atoms. The first-order chi connectivity index (χ1) is 16.6. The van der Waals surface area contributed by atoms with Crippen molar-refractivity contribution in [2.45, 2.75) is 42.6 Å². The van der Waals surface area contributed by atoms with Crippen LogP contribution < -0.4 is 4.74 Å². The highest BCUT2D eigenvalue weighted by atomic mass is 32.2. The van der Waals surface area contributed by atoms with Crippen LogP contribution >= 0.6 is 23.1 Å². The topological polar surface area (TPSA) is 86.0 Å². The quantitative estimate of drug-likeness (QED) is 0.333. The predicted octanol–water partition coefficient (Wildman–Crippen LogP) is 4.48. The molecule has 8 heteroatoms. The molecule has 4 rings (SSSR count). The first-order valence-corrected chi connectivity index (χ1v) is 13.7. The summed E-state index contributed by atoms with van der Waals surface area (Å²) >= 11 is 3.69. The summed E-state index contributed by atoms with van der Waals surface area (Å²) in [4.78, 5) is 6.91. The van der Waals surface area contributed by atoms with Crippen molar-refractivity contribution in [1.82, 2.24) is 9.88 Å². The van der Waals surface area contributed by atoms with Crippen LogP contribution in [0.5, 0.6) is 5.75 Å². The van der Waals surface area contributed by atoms with Gasteiger partial charge in [-0.25, -0.2) is 0 Å². The van der Waals surface area contributed by atoms with Gasteiger partial charge < -0.3 is 25.0 Å². The van der Waals surface area contributed by atoms with Gasteiger partial charge in [-0.15, -0.1) is 23.1 Å². The van der Waals surface area contributed by atoms with E-state index in [2.05, 4.69) is 27.4 Å². The summed E-state index contributed by atoms with van der Waals surface area (Å²) in [6.45, 7) is 2.95. The number of aliphatic hydroxyl groups excluding tert-OH is 3. The van der Waals surface area contributed by atoms with Crippen LogP contribution in [0.1, 0.15) is 42.9 Å². The Kier molecular flexibility index (Phi) is 8.85. The summed E-state index contributed by atoms with van der Waals surface area (Å²) in [6.07, 6.45) is 4.01. The second-order valence-electron chi connectivity index (χ2n) is 9.07. The van der Waals surface area contributed by atoms with Crippen LogP contribution in [0.4, 0.5) is 0 Å². The molecule has 1 fully saturated rings. The average molecular weight is 503 g/mol. The fourth-order valence-electron chi connectivity index (χ4n) is 4.83. The van der Waals surface area contributed by atoms with Crippen molar-refractivity contribution in [2.24, 2.45) is 5.41 Å². The molecule has 3 heterocycles. The number of pyridine rings is 1. The number of fused-ring (bicyclic) bond motifs is 1. The third kappa shape index (κ3) is 5.93. The predicted molar refractivity (Wildman–Crippen MR) is 139 cm³/mol. The fraction of sp³-hybridized carbons (Fsp3) is 0.500. The van der Waals surface area contributed by atoms with E-state index in [1.54, 1.807) is 24.6 Å². The number of benzene rings is 1. The van der Waals surface area contributed by atoms with Crippen LogP contribution in [0.2, 0.25) is 0 Å². The highest BCUT2D eigenvalue weighted by Crippen LogP contribution is 2.40. The van der Waals surface area contributed by atoms with Gasteiger partial charge in [-0.1, -0.05) is 6.07 Å². The van der Waals surface area contributed by atoms with Crippen LogP contribution in [0.15, 0.2) is 46.1 Å². The SMILES string of the molecule is COc1ccc2ncc(CO)c([C@@H](O)CCC3(CO)CCN(CCSc4cccs4)CC3)c2c1. The highest BCUT2D eigenvalue weighted by molar-refractivity contribution is 8.01. The average Bonchev–Trinajstić information content (AvgIpc) is 3.40. The zero-order chi connectivity index (χ0) is 24.0. The van der Waals surface area contributed by atoms with Gasteiger partial charge in [0, 0.05) is 36.1 Å². The second kappa shape index (κ2) is 11.8. The van der Waals surface area contributed by atoms with Crippen molar-refractivity contribution in [3.8, 4) is 5.75 Å². The van der Waals surface area contributed by atoms with Crippen LogP contribution in [0.25, 0.3) is 10.9 Å². The largest absolute Gasteiger partial charge is 0.497 e. The van der Waals surface area contributed by atoms with E-state index in [0.29, 0.717) is 23.3 Å². The van der Waals surface area contributed by atoms with Crippen LogP contribution in [0.3, 0.4) is 0 Å². The number of aromatic nitrogens is 1. The number of ether oxygens (including phenoxy) is 1. The van der Waals surface area contributed by atoms with Crippen molar-refractivity contribution in [3.05, 3.63) is 53.0 Å². The maximum absolute atomic E-state index is 11.2. The molecule has 184 valence electrons. The molecular formula is C26H34N2O4S2. The maximum atomic E-state index is 11.2. The van der Waals surface area contributed by atoms with Gasteiger partial charge in [-0.05, 0) is 79.4 Å². The molecule has 1 atom stereocenters. The third-order valence-electron chi connectivity index (χ3n) is 7.05. The minimum absolute atomic E-state index is 0.134. The lowest BCUT2D eigenvalue weighted by atomic mass is 9.74. The number of thiophene rings is 1. The summed E-state index contributed by atoms with van der Waals surface area (Å²) in [6, 6.07) is 9.84. The number of aliphatic hydroxyl groups is 3. The Morgan fingerprint density at radius 3 is 2.74 bits per heavy atom. The first kappa shape index (κ1) is 25.4. The van der Waals surface area contributed by atoms with E-state index in [4.69, 9.17) is 4.74 Å². The number of piperidine rings is 1. The minimum Gasteiger partial charge on any atom is -0.497 e. The Bertz CT molecular complexity index is 1050. The normalized spacial score (nSPS) is 17.2. The zero-order valence-corrected chi connectivity index (χ0v) is 21.3. The molecule has 34 heavy (non-hydrogen) atoms. The van der Waals surface area contributed by atoms with Crippen LogP contribution in [-0.2, 0) is 6.61 Å². The summed E-state index contributed by atoms with van der Waals surface area (Å²) in [7, 11) is 1.61. The van der Waals surface area contributed by atoms with Gasteiger partial charge >= 0.3 is 0 Å². The van der Waals surface area contributed by atoms with E-state index in [0.717, 1.165) is 55.6 Å². The number of hydrogen-bond acceptors (Lipinski definition) is 8. The van der Waals surface area contributed by atoms with Crippen molar-refractivity contribution >= 4 is 34.0 Å². The Hall–Kier alpha value is -1.68. The fourth-order valence-corrected chi connectivity index (χ4v) is 6.69. The number of rotatable bonds is 11. The molecule has 0 unspecified atom stereocenters. The summed E-state index contributed by atoms with van der Waals surface area (Å²) in [5.74, 6) is 1.77. The van der Waals surface area contributed by atoms with Crippen LogP contribution in [0, 0.1) is 5.41 Å². The Labute approximate surface area is 209 Å². The number of hydrogen-bond donors (Lipinski definition) is 3.